The van der Waals surface area contributed by atoms with Crippen molar-refractivity contribution in [2.45, 2.75) is 33.9 Å². The molecule has 0 spiro atoms. The van der Waals surface area contributed by atoms with E-state index in [0.717, 1.165) is 36.4 Å². The van der Waals surface area contributed by atoms with Crippen LogP contribution in [0.5, 0.6) is 0 Å². The van der Waals surface area contributed by atoms with Crippen LogP contribution in [-0.2, 0) is 42.1 Å². The van der Waals surface area contributed by atoms with E-state index in [1.165, 1.54) is 24.3 Å². The maximum Gasteiger partial charge on any atom is 0.416 e. The summed E-state index contributed by atoms with van der Waals surface area (Å²) in [4.78, 5) is 0. The molecule has 4 aromatic rings. The average Bonchev–Trinajstić information content (AvgIpc) is 3.11. The molecule has 4 atom stereocenters. The molecule has 294 valence electrons. The summed E-state index contributed by atoms with van der Waals surface area (Å²) in [6, 6.07) is 8.36. The van der Waals surface area contributed by atoms with Crippen molar-refractivity contribution < 1.29 is 52.3 Å². The fraction of sp³-hybridized carbons (Fsp3) is 0.176. The first-order valence-electron chi connectivity index (χ1n) is 15.7. The predicted molar refractivity (Wildman–Crippen MR) is 192 cm³/mol. The molecule has 2 aliphatic carbocycles. The Kier molecular flexibility index (Phi) is 9.34. The van der Waals surface area contributed by atoms with Crippen LogP contribution in [0.2, 0.25) is 0 Å². The van der Waals surface area contributed by atoms with Crippen LogP contribution < -0.4 is 23.2 Å². The Morgan fingerprint density at radius 1 is 0.571 bits per heavy atom. The maximum atomic E-state index is 15.1. The molecule has 0 heterocycles. The first kappa shape index (κ1) is 40.2. The van der Waals surface area contributed by atoms with Crippen molar-refractivity contribution in [1.29, 1.82) is 10.8 Å². The topological polar surface area (TPSA) is 285 Å². The van der Waals surface area contributed by atoms with Crippen molar-refractivity contribution in [3.63, 3.8) is 0 Å². The molecule has 0 saturated carbocycles. The van der Waals surface area contributed by atoms with Gasteiger partial charge in [0.15, 0.2) is 9.49 Å². The normalized spacial score (nSPS) is 24.6. The molecule has 14 nitrogen and oxygen atoms in total. The van der Waals surface area contributed by atoms with Crippen LogP contribution in [0.15, 0.2) is 95.1 Å². The third-order valence-electron chi connectivity index (χ3n) is 10.0. The Hall–Kier alpha value is -5.52. The molecule has 0 amide bonds. The fourth-order valence-electron chi connectivity index (χ4n) is 7.71. The van der Waals surface area contributed by atoms with Crippen molar-refractivity contribution in [3.8, 4) is 11.1 Å². The van der Waals surface area contributed by atoms with Gasteiger partial charge in [-0.1, -0.05) is 72.8 Å². The molecule has 56 heavy (non-hydrogen) atoms. The van der Waals surface area contributed by atoms with Crippen LogP contribution >= 0.6 is 0 Å². The molecule has 22 heteroatoms. The number of nitrogens with one attached hydrogen (secondary N) is 2. The van der Waals surface area contributed by atoms with Crippen molar-refractivity contribution in [2.24, 2.45) is 33.4 Å². The number of nitrogens with two attached hydrogens (primary N) is 4. The quantitative estimate of drug-likeness (QED) is 0.0625. The lowest BCUT2D eigenvalue weighted by molar-refractivity contribution is -0.139. The highest BCUT2D eigenvalue weighted by Gasteiger charge is 2.62. The van der Waals surface area contributed by atoms with Gasteiger partial charge >= 0.3 is 12.4 Å². The van der Waals surface area contributed by atoms with E-state index in [4.69, 9.17) is 34.0 Å². The third kappa shape index (κ3) is 5.54. The number of hydrogen-bond acceptors (Lipinski definition) is 12. The lowest BCUT2D eigenvalue weighted by Gasteiger charge is -2.43. The molecule has 0 bridgehead atoms. The Morgan fingerprint density at radius 3 is 1.18 bits per heavy atom. The van der Waals surface area contributed by atoms with Gasteiger partial charge in [0.2, 0.25) is 0 Å². The van der Waals surface area contributed by atoms with Crippen molar-refractivity contribution in [1.82, 2.24) is 0 Å². The van der Waals surface area contributed by atoms with E-state index in [9.17, 15) is 25.9 Å². The van der Waals surface area contributed by atoms with Gasteiger partial charge in [0.1, 0.15) is 11.4 Å². The van der Waals surface area contributed by atoms with Crippen LogP contribution in [-0.4, -0.2) is 60.9 Å². The SMILES string of the molecule is N=C1C(=NN)C(N)C(c2ccc(-c3ccc(C4(S(=O)(=O)O)c5ccccc5C(=N)C(=NN)C4N)c(C(F)(F)F)c3)cc2C(F)(F)F)(S(=O)(=O)O)c2ccccc21. The predicted octanol–water partition coefficient (Wildman–Crippen LogP) is 3.70. The molecule has 0 aromatic heterocycles. The molecule has 2 aliphatic rings. The van der Waals surface area contributed by atoms with Gasteiger partial charge in [0.05, 0.1) is 34.6 Å². The van der Waals surface area contributed by atoms with E-state index in [1.54, 1.807) is 0 Å². The van der Waals surface area contributed by atoms with E-state index in [0.29, 0.717) is 24.3 Å². The van der Waals surface area contributed by atoms with Crippen LogP contribution in [0.3, 0.4) is 0 Å². The van der Waals surface area contributed by atoms with Crippen LogP contribution in [0, 0.1) is 10.8 Å². The summed E-state index contributed by atoms with van der Waals surface area (Å²) >= 11 is 0. The minimum Gasteiger partial charge on any atom is -0.323 e. The number of halogens is 6. The van der Waals surface area contributed by atoms with Crippen molar-refractivity contribution in [3.05, 3.63) is 129 Å². The smallest absolute Gasteiger partial charge is 0.323 e. The lowest BCUT2D eigenvalue weighted by Crippen LogP contribution is -2.61. The molecular formula is C34H28F6N8O6S2. The first-order chi connectivity index (χ1) is 25.9. The molecule has 4 aromatic carbocycles. The second kappa shape index (κ2) is 13.0. The van der Waals surface area contributed by atoms with Gasteiger partial charge in [-0.15, -0.1) is 0 Å². The summed E-state index contributed by atoms with van der Waals surface area (Å²) < 4.78 is 160. The number of fused-ring (bicyclic) bond motifs is 2. The maximum absolute atomic E-state index is 15.1. The second-order valence-electron chi connectivity index (χ2n) is 12.8. The lowest BCUT2D eigenvalue weighted by atomic mass is 9.71. The van der Waals surface area contributed by atoms with Gasteiger partial charge in [-0.2, -0.15) is 53.4 Å². The number of benzene rings is 4. The van der Waals surface area contributed by atoms with Crippen LogP contribution in [0.4, 0.5) is 26.3 Å². The number of rotatable bonds is 5. The van der Waals surface area contributed by atoms with Crippen molar-refractivity contribution in [2.75, 3.05) is 0 Å². The summed E-state index contributed by atoms with van der Waals surface area (Å²) in [5.41, 5.74) is 1.06. The van der Waals surface area contributed by atoms with Gasteiger partial charge in [-0.05, 0) is 45.5 Å². The summed E-state index contributed by atoms with van der Waals surface area (Å²) in [7, 11) is -11.5. The number of alkyl halides is 6. The van der Waals surface area contributed by atoms with E-state index in [1.807, 2.05) is 0 Å². The van der Waals surface area contributed by atoms with Gasteiger partial charge in [0.25, 0.3) is 20.2 Å². The summed E-state index contributed by atoms with van der Waals surface area (Å²) in [6.45, 7) is 0. The highest BCUT2D eigenvalue weighted by Crippen LogP contribution is 2.52. The average molecular weight is 823 g/mol. The van der Waals surface area contributed by atoms with E-state index < -0.39 is 122 Å². The first-order valence-corrected chi connectivity index (χ1v) is 18.6. The zero-order valence-electron chi connectivity index (χ0n) is 28.1. The minimum absolute atomic E-state index is 0.298. The standard InChI is InChI=1S/C34H28F6N8O6S2/c35-33(36,37)23-13-15(9-11-21(23)31(55(49,50)51)19-7-3-1-5-17(19)25(41)27(47-45)29(31)43)16-10-12-22(24(14-16)34(38,39)40)32(56(52,53)54)20-8-4-2-6-18(20)26(42)28(48-46)30(32)44/h1-14,29-30,41-42H,43-46H2,(H,49,50,51)(H,52,53,54). The highest BCUT2D eigenvalue weighted by molar-refractivity contribution is 7.87. The van der Waals surface area contributed by atoms with Gasteiger partial charge < -0.3 is 23.2 Å². The van der Waals surface area contributed by atoms with E-state index in [-0.39, 0.29) is 11.1 Å². The summed E-state index contributed by atoms with van der Waals surface area (Å²) in [5.74, 6) is 10.8. The molecule has 6 rings (SSSR count). The third-order valence-corrected chi connectivity index (χ3v) is 13.1. The molecule has 0 aliphatic heterocycles. The molecule has 0 saturated heterocycles. The largest absolute Gasteiger partial charge is 0.416 e. The summed E-state index contributed by atoms with van der Waals surface area (Å²) in [5, 5.41) is 23.6. The highest BCUT2D eigenvalue weighted by atomic mass is 32.2. The monoisotopic (exact) mass is 822 g/mol. The molecule has 0 radical (unpaired) electrons. The van der Waals surface area contributed by atoms with Crippen LogP contribution in [0.25, 0.3) is 11.1 Å². The fourth-order valence-corrected chi connectivity index (χ4v) is 10.4. The molecule has 0 fully saturated rings. The second-order valence-corrected chi connectivity index (χ2v) is 16.0. The number of hydrazone groups is 2. The number of hydrogen-bond donors (Lipinski definition) is 8. The van der Waals surface area contributed by atoms with Gasteiger partial charge in [-0.25, -0.2) is 0 Å². The molecular weight excluding hydrogens is 795 g/mol. The van der Waals surface area contributed by atoms with Crippen LogP contribution in [0.1, 0.15) is 44.5 Å². The van der Waals surface area contributed by atoms with E-state index >= 15 is 26.3 Å². The van der Waals surface area contributed by atoms with Crippen molar-refractivity contribution >= 4 is 43.1 Å². The Morgan fingerprint density at radius 2 is 0.893 bits per heavy atom. The van der Waals surface area contributed by atoms with E-state index in [2.05, 4.69) is 10.2 Å². The minimum atomic E-state index is -5.77. The zero-order chi connectivity index (χ0) is 41.6. The van der Waals surface area contributed by atoms with Gasteiger partial charge in [-0.3, -0.25) is 19.9 Å². The Labute approximate surface area is 313 Å². The zero-order valence-corrected chi connectivity index (χ0v) is 29.7. The number of nitrogens with zero attached hydrogens (tertiary/aromatic N) is 2. The molecule has 4 unspecified atom stereocenters. The molecule has 12 N–H and O–H groups in total. The Bertz CT molecular complexity index is 2470. The summed E-state index contributed by atoms with van der Waals surface area (Å²) in [6.07, 6.45) is -11.0. The Balaban J connectivity index is 1.68. The van der Waals surface area contributed by atoms with Gasteiger partial charge in [0, 0.05) is 11.1 Å².